The standard InChI is InChI=1S/2C9H10.C6H6/c2*1-3-9-7-5-4-6-8(9)2;1-2-4-6-5-3-1/h2*3-7H,1H2,2H3;1-6H. The van der Waals surface area contributed by atoms with Crippen molar-refractivity contribution in [3.05, 3.63) is 120 Å². The summed E-state index contributed by atoms with van der Waals surface area (Å²) in [6.07, 6.45) is 3.74. The maximum absolute atomic E-state index is 3.69. The first-order valence-electron chi connectivity index (χ1n) is 8.05. The maximum atomic E-state index is 3.69. The monoisotopic (exact) mass is 314 g/mol. The van der Waals surface area contributed by atoms with Crippen LogP contribution < -0.4 is 0 Å². The topological polar surface area (TPSA) is 0 Å². The normalized spacial score (nSPS) is 8.75. The molecule has 3 rings (SSSR count). The summed E-state index contributed by atoms with van der Waals surface area (Å²) < 4.78 is 0. The number of hydrogen-bond donors (Lipinski definition) is 0. The Balaban J connectivity index is 0.000000184. The smallest absolute Gasteiger partial charge is 0.0233 e. The minimum absolute atomic E-state index is 1.22. The second-order valence-corrected chi connectivity index (χ2v) is 5.28. The second kappa shape index (κ2) is 11.7. The molecular weight excluding hydrogens is 288 g/mol. The van der Waals surface area contributed by atoms with Crippen LogP contribution in [-0.2, 0) is 0 Å². The summed E-state index contributed by atoms with van der Waals surface area (Å²) in [6, 6.07) is 28.4. The highest BCUT2D eigenvalue weighted by atomic mass is 13.9. The minimum atomic E-state index is 1.22. The molecule has 3 aromatic carbocycles. The summed E-state index contributed by atoms with van der Waals surface area (Å²) in [5.41, 5.74) is 5.01. The van der Waals surface area contributed by atoms with Gasteiger partial charge in [-0.05, 0) is 36.1 Å². The van der Waals surface area contributed by atoms with Crippen molar-refractivity contribution in [2.75, 3.05) is 0 Å². The van der Waals surface area contributed by atoms with Crippen LogP contribution in [0, 0.1) is 13.8 Å². The molecule has 0 aromatic heterocycles. The van der Waals surface area contributed by atoms with E-state index in [1.54, 1.807) is 0 Å². The van der Waals surface area contributed by atoms with Gasteiger partial charge in [-0.3, -0.25) is 0 Å². The first-order chi connectivity index (χ1) is 11.7. The molecule has 0 aliphatic carbocycles. The quantitative estimate of drug-likeness (QED) is 0.479. The highest BCUT2D eigenvalue weighted by Gasteiger charge is 1.87. The van der Waals surface area contributed by atoms with Crippen molar-refractivity contribution in [3.63, 3.8) is 0 Å². The number of rotatable bonds is 2. The van der Waals surface area contributed by atoms with Crippen LogP contribution in [0.2, 0.25) is 0 Å². The molecule has 0 aliphatic heterocycles. The number of aryl methyl sites for hydroxylation is 2. The SMILES string of the molecule is C=Cc1ccccc1C.C=Cc1ccccc1C.c1ccccc1. The van der Waals surface area contributed by atoms with Crippen molar-refractivity contribution >= 4 is 12.2 Å². The Kier molecular flexibility index (Phi) is 9.33. The van der Waals surface area contributed by atoms with Crippen molar-refractivity contribution in [2.45, 2.75) is 13.8 Å². The largest absolute Gasteiger partial charge is 0.0985 e. The lowest BCUT2D eigenvalue weighted by Gasteiger charge is -1.95. The van der Waals surface area contributed by atoms with E-state index in [1.807, 2.05) is 72.8 Å². The fraction of sp³-hybridized carbons (Fsp3) is 0.0833. The lowest BCUT2D eigenvalue weighted by atomic mass is 10.1. The molecule has 0 atom stereocenters. The molecule has 0 nitrogen and oxygen atoms in total. The summed E-state index contributed by atoms with van der Waals surface area (Å²) in [5, 5.41) is 0. The molecule has 0 radical (unpaired) electrons. The Bertz CT molecular complexity index is 648. The zero-order valence-corrected chi connectivity index (χ0v) is 14.7. The van der Waals surface area contributed by atoms with Gasteiger partial charge in [-0.15, -0.1) is 0 Å². The van der Waals surface area contributed by atoms with Gasteiger partial charge in [0.1, 0.15) is 0 Å². The van der Waals surface area contributed by atoms with Gasteiger partial charge in [-0.2, -0.15) is 0 Å². The molecule has 122 valence electrons. The summed E-state index contributed by atoms with van der Waals surface area (Å²) in [5.74, 6) is 0. The Morgan fingerprint density at radius 2 is 0.792 bits per heavy atom. The molecule has 0 aliphatic rings. The highest BCUT2D eigenvalue weighted by molar-refractivity contribution is 5.51. The van der Waals surface area contributed by atoms with Gasteiger partial charge in [-0.1, -0.05) is 110 Å². The van der Waals surface area contributed by atoms with Crippen molar-refractivity contribution in [1.29, 1.82) is 0 Å². The van der Waals surface area contributed by atoms with Gasteiger partial charge in [-0.25, -0.2) is 0 Å². The highest BCUT2D eigenvalue weighted by Crippen LogP contribution is 2.07. The molecular formula is C24H26. The van der Waals surface area contributed by atoms with Crippen LogP contribution in [0.5, 0.6) is 0 Å². The van der Waals surface area contributed by atoms with Gasteiger partial charge in [0.25, 0.3) is 0 Å². The first kappa shape index (κ1) is 19.2. The predicted molar refractivity (Wildman–Crippen MR) is 109 cm³/mol. The van der Waals surface area contributed by atoms with Gasteiger partial charge in [0.2, 0.25) is 0 Å². The van der Waals surface area contributed by atoms with E-state index in [1.165, 1.54) is 22.3 Å². The van der Waals surface area contributed by atoms with Gasteiger partial charge in [0.15, 0.2) is 0 Å². The molecule has 0 unspecified atom stereocenters. The van der Waals surface area contributed by atoms with E-state index in [4.69, 9.17) is 0 Å². The fourth-order valence-corrected chi connectivity index (χ4v) is 2.02. The van der Waals surface area contributed by atoms with Crippen molar-refractivity contribution < 1.29 is 0 Å². The van der Waals surface area contributed by atoms with Crippen molar-refractivity contribution in [3.8, 4) is 0 Å². The molecule has 0 bridgehead atoms. The fourth-order valence-electron chi connectivity index (χ4n) is 2.02. The molecule has 0 heteroatoms. The van der Waals surface area contributed by atoms with E-state index in [2.05, 4.69) is 51.3 Å². The maximum Gasteiger partial charge on any atom is -0.0233 e. The van der Waals surface area contributed by atoms with E-state index in [9.17, 15) is 0 Å². The van der Waals surface area contributed by atoms with Crippen LogP contribution in [0.25, 0.3) is 12.2 Å². The predicted octanol–water partition coefficient (Wildman–Crippen LogP) is 6.96. The van der Waals surface area contributed by atoms with Gasteiger partial charge >= 0.3 is 0 Å². The Morgan fingerprint density at radius 3 is 1.00 bits per heavy atom. The van der Waals surface area contributed by atoms with E-state index < -0.39 is 0 Å². The molecule has 0 saturated heterocycles. The van der Waals surface area contributed by atoms with E-state index >= 15 is 0 Å². The molecule has 0 spiro atoms. The van der Waals surface area contributed by atoms with Crippen LogP contribution in [-0.4, -0.2) is 0 Å². The molecule has 0 amide bonds. The van der Waals surface area contributed by atoms with E-state index in [-0.39, 0.29) is 0 Å². The number of hydrogen-bond acceptors (Lipinski definition) is 0. The van der Waals surface area contributed by atoms with Gasteiger partial charge in [0, 0.05) is 0 Å². The summed E-state index contributed by atoms with van der Waals surface area (Å²) in [6.45, 7) is 11.5. The Morgan fingerprint density at radius 1 is 0.500 bits per heavy atom. The third-order valence-electron chi connectivity index (χ3n) is 3.48. The van der Waals surface area contributed by atoms with Crippen LogP contribution in [0.15, 0.2) is 98.1 Å². The summed E-state index contributed by atoms with van der Waals surface area (Å²) >= 11 is 0. The van der Waals surface area contributed by atoms with Crippen LogP contribution in [0.1, 0.15) is 22.3 Å². The second-order valence-electron chi connectivity index (χ2n) is 5.28. The van der Waals surface area contributed by atoms with Crippen molar-refractivity contribution in [2.24, 2.45) is 0 Å². The average molecular weight is 314 g/mol. The Hall–Kier alpha value is -2.86. The molecule has 3 aromatic rings. The average Bonchev–Trinajstić information content (AvgIpc) is 2.65. The van der Waals surface area contributed by atoms with Gasteiger partial charge in [0.05, 0.1) is 0 Å². The van der Waals surface area contributed by atoms with E-state index in [0.29, 0.717) is 0 Å². The summed E-state index contributed by atoms with van der Waals surface area (Å²) in [7, 11) is 0. The molecule has 24 heavy (non-hydrogen) atoms. The zero-order chi connectivity index (χ0) is 17.6. The molecule has 0 saturated carbocycles. The van der Waals surface area contributed by atoms with Gasteiger partial charge < -0.3 is 0 Å². The molecule has 0 fully saturated rings. The van der Waals surface area contributed by atoms with E-state index in [0.717, 1.165) is 0 Å². The zero-order valence-electron chi connectivity index (χ0n) is 14.7. The van der Waals surface area contributed by atoms with Crippen LogP contribution in [0.3, 0.4) is 0 Å². The third-order valence-corrected chi connectivity index (χ3v) is 3.48. The lowest BCUT2D eigenvalue weighted by Crippen LogP contribution is -1.75. The lowest BCUT2D eigenvalue weighted by molar-refractivity contribution is 1.45. The Labute approximate surface area is 146 Å². The van der Waals surface area contributed by atoms with Crippen LogP contribution in [0.4, 0.5) is 0 Å². The minimum Gasteiger partial charge on any atom is -0.0985 e. The molecule has 0 heterocycles. The summed E-state index contributed by atoms with van der Waals surface area (Å²) in [4.78, 5) is 0. The first-order valence-corrected chi connectivity index (χ1v) is 8.05. The van der Waals surface area contributed by atoms with Crippen molar-refractivity contribution in [1.82, 2.24) is 0 Å². The number of benzene rings is 3. The third kappa shape index (κ3) is 7.42. The molecule has 0 N–H and O–H groups in total. The van der Waals surface area contributed by atoms with Crippen LogP contribution >= 0.6 is 0 Å².